The fourth-order valence-corrected chi connectivity index (χ4v) is 4.40. The molecule has 1 aromatic heterocycles. The van der Waals surface area contributed by atoms with Crippen molar-refractivity contribution in [1.29, 1.82) is 0 Å². The highest BCUT2D eigenvalue weighted by Crippen LogP contribution is 2.19. The summed E-state index contributed by atoms with van der Waals surface area (Å²) in [5.41, 5.74) is 0.652. The highest BCUT2D eigenvalue weighted by molar-refractivity contribution is 5.78. The van der Waals surface area contributed by atoms with Gasteiger partial charge in [0.15, 0.2) is 0 Å². The molecule has 7 heteroatoms. The van der Waals surface area contributed by atoms with Crippen molar-refractivity contribution in [2.45, 2.75) is 38.6 Å². The first-order valence-electron chi connectivity index (χ1n) is 10.8. The fraction of sp³-hybridized carbons (Fsp3) is 0.591. The van der Waals surface area contributed by atoms with E-state index in [0.717, 1.165) is 57.6 Å². The number of carbonyl (C=O) groups is 1. The first-order chi connectivity index (χ1) is 14.1. The summed E-state index contributed by atoms with van der Waals surface area (Å²) in [5, 5.41) is 0.625. The Bertz CT molecular complexity index is 895. The smallest absolute Gasteiger partial charge is 0.258 e. The van der Waals surface area contributed by atoms with Crippen LogP contribution in [0, 0.1) is 0 Å². The van der Waals surface area contributed by atoms with Crippen LogP contribution in [0.3, 0.4) is 0 Å². The van der Waals surface area contributed by atoms with Gasteiger partial charge in [0.2, 0.25) is 5.91 Å². The van der Waals surface area contributed by atoms with Crippen molar-refractivity contribution in [1.82, 2.24) is 24.7 Å². The van der Waals surface area contributed by atoms with Gasteiger partial charge in [-0.25, -0.2) is 4.98 Å². The van der Waals surface area contributed by atoms with Crippen LogP contribution in [0.15, 0.2) is 29.1 Å². The Kier molecular flexibility index (Phi) is 6.25. The highest BCUT2D eigenvalue weighted by atomic mass is 16.2. The zero-order valence-electron chi connectivity index (χ0n) is 17.3. The molecule has 1 amide bonds. The number of likely N-dealkylation sites (tertiary alicyclic amines) is 1. The topological polar surface area (TPSA) is 72.5 Å². The molecule has 0 radical (unpaired) electrons. The van der Waals surface area contributed by atoms with E-state index in [-0.39, 0.29) is 17.5 Å². The van der Waals surface area contributed by atoms with E-state index in [0.29, 0.717) is 17.8 Å². The largest absolute Gasteiger partial charge is 0.342 e. The lowest BCUT2D eigenvalue weighted by molar-refractivity contribution is -0.132. The molecule has 2 aromatic rings. The standard InChI is InChI=1S/C22H31N5O2/c1-17(21-23-19-9-5-4-8-18(19)22(29)24-21)26-14-12-25(13-15-26)16-20(28)27-10-6-2-3-7-11-27/h4-5,8-9,17H,2-3,6-7,10-16H2,1H3,(H,23,24,29)/t17-/m0/s1. The number of H-pyrrole nitrogens is 1. The number of para-hydroxylation sites is 1. The van der Waals surface area contributed by atoms with Gasteiger partial charge in [-0.2, -0.15) is 0 Å². The maximum atomic E-state index is 12.6. The minimum atomic E-state index is -0.0841. The van der Waals surface area contributed by atoms with Gasteiger partial charge in [0.05, 0.1) is 23.5 Å². The molecule has 1 aromatic carbocycles. The fourth-order valence-electron chi connectivity index (χ4n) is 4.40. The number of aromatic amines is 1. The number of benzene rings is 1. The Morgan fingerprint density at radius 1 is 1.03 bits per heavy atom. The third-order valence-electron chi connectivity index (χ3n) is 6.30. The molecule has 156 valence electrons. The van der Waals surface area contributed by atoms with E-state index in [9.17, 15) is 9.59 Å². The molecule has 2 fully saturated rings. The predicted molar refractivity (Wildman–Crippen MR) is 114 cm³/mol. The summed E-state index contributed by atoms with van der Waals surface area (Å²) in [5.74, 6) is 0.983. The number of nitrogens with zero attached hydrogens (tertiary/aromatic N) is 4. The molecule has 1 atom stereocenters. The molecule has 0 aliphatic carbocycles. The minimum absolute atomic E-state index is 0.0377. The van der Waals surface area contributed by atoms with E-state index < -0.39 is 0 Å². The second kappa shape index (κ2) is 9.05. The van der Waals surface area contributed by atoms with Crippen LogP contribution in [0.4, 0.5) is 0 Å². The number of rotatable bonds is 4. The normalized spacial score (nSPS) is 20.5. The van der Waals surface area contributed by atoms with Gasteiger partial charge in [-0.1, -0.05) is 25.0 Å². The molecular weight excluding hydrogens is 366 g/mol. The maximum Gasteiger partial charge on any atom is 0.258 e. The van der Waals surface area contributed by atoms with Crippen molar-refractivity contribution in [2.24, 2.45) is 0 Å². The number of hydrogen-bond acceptors (Lipinski definition) is 5. The average Bonchev–Trinajstić information content (AvgIpc) is 3.03. The maximum absolute atomic E-state index is 12.6. The van der Waals surface area contributed by atoms with Crippen LogP contribution in [0.25, 0.3) is 10.9 Å². The lowest BCUT2D eigenvalue weighted by atomic mass is 10.2. The Labute approximate surface area is 171 Å². The highest BCUT2D eigenvalue weighted by Gasteiger charge is 2.26. The molecule has 29 heavy (non-hydrogen) atoms. The second-order valence-electron chi connectivity index (χ2n) is 8.25. The minimum Gasteiger partial charge on any atom is -0.342 e. The van der Waals surface area contributed by atoms with Crippen LogP contribution in [0.5, 0.6) is 0 Å². The van der Waals surface area contributed by atoms with Gasteiger partial charge in [0, 0.05) is 39.3 Å². The molecule has 2 aliphatic rings. The Balaban J connectivity index is 1.34. The molecule has 0 unspecified atom stereocenters. The van der Waals surface area contributed by atoms with Crippen molar-refractivity contribution in [3.8, 4) is 0 Å². The van der Waals surface area contributed by atoms with Crippen LogP contribution < -0.4 is 5.56 Å². The summed E-state index contributed by atoms with van der Waals surface area (Å²) in [6.45, 7) is 7.89. The van der Waals surface area contributed by atoms with Gasteiger partial charge in [-0.15, -0.1) is 0 Å². The van der Waals surface area contributed by atoms with Crippen molar-refractivity contribution in [2.75, 3.05) is 45.8 Å². The second-order valence-corrected chi connectivity index (χ2v) is 8.25. The van der Waals surface area contributed by atoms with Gasteiger partial charge < -0.3 is 9.88 Å². The predicted octanol–water partition coefficient (Wildman–Crippen LogP) is 2.00. The molecule has 1 N–H and O–H groups in total. The third-order valence-corrected chi connectivity index (χ3v) is 6.30. The summed E-state index contributed by atoms with van der Waals surface area (Å²) < 4.78 is 0. The Morgan fingerprint density at radius 2 is 1.72 bits per heavy atom. The number of amides is 1. The van der Waals surface area contributed by atoms with Crippen LogP contribution in [-0.2, 0) is 4.79 Å². The van der Waals surface area contributed by atoms with E-state index in [1.165, 1.54) is 12.8 Å². The number of hydrogen-bond donors (Lipinski definition) is 1. The van der Waals surface area contributed by atoms with E-state index in [2.05, 4.69) is 26.7 Å². The third kappa shape index (κ3) is 4.67. The molecule has 2 saturated heterocycles. The van der Waals surface area contributed by atoms with Gasteiger partial charge >= 0.3 is 0 Å². The SMILES string of the molecule is C[C@@H](c1nc2ccccc2c(=O)[nH]1)N1CCN(CC(=O)N2CCCCCC2)CC1. The average molecular weight is 398 g/mol. The summed E-state index contributed by atoms with van der Waals surface area (Å²) in [4.78, 5) is 39.3. The van der Waals surface area contributed by atoms with Crippen molar-refractivity contribution < 1.29 is 4.79 Å². The summed E-state index contributed by atoms with van der Waals surface area (Å²) in [6.07, 6.45) is 4.75. The Hall–Kier alpha value is -2.25. The lowest BCUT2D eigenvalue weighted by Gasteiger charge is -2.38. The number of nitrogens with one attached hydrogen (secondary N) is 1. The quantitative estimate of drug-likeness (QED) is 0.854. The first kappa shape index (κ1) is 20.0. The van der Waals surface area contributed by atoms with Gasteiger partial charge in [-0.05, 0) is 31.9 Å². The lowest BCUT2D eigenvalue weighted by Crippen LogP contribution is -2.50. The number of carbonyl (C=O) groups excluding carboxylic acids is 1. The molecule has 3 heterocycles. The van der Waals surface area contributed by atoms with E-state index in [1.54, 1.807) is 6.07 Å². The molecule has 7 nitrogen and oxygen atoms in total. The Morgan fingerprint density at radius 3 is 2.45 bits per heavy atom. The van der Waals surface area contributed by atoms with Crippen LogP contribution in [0.1, 0.15) is 44.5 Å². The van der Waals surface area contributed by atoms with Gasteiger partial charge in [-0.3, -0.25) is 19.4 Å². The molecular formula is C22H31N5O2. The monoisotopic (exact) mass is 397 g/mol. The molecule has 0 bridgehead atoms. The molecule has 0 spiro atoms. The number of piperazine rings is 1. The van der Waals surface area contributed by atoms with Crippen molar-refractivity contribution >= 4 is 16.8 Å². The zero-order chi connectivity index (χ0) is 20.2. The van der Waals surface area contributed by atoms with Crippen molar-refractivity contribution in [3.05, 3.63) is 40.4 Å². The van der Waals surface area contributed by atoms with E-state index in [4.69, 9.17) is 0 Å². The first-order valence-corrected chi connectivity index (χ1v) is 10.8. The molecule has 0 saturated carbocycles. The van der Waals surface area contributed by atoms with Gasteiger partial charge in [0.1, 0.15) is 5.82 Å². The van der Waals surface area contributed by atoms with Crippen LogP contribution >= 0.6 is 0 Å². The van der Waals surface area contributed by atoms with Crippen LogP contribution in [-0.4, -0.2) is 76.4 Å². The molecule has 2 aliphatic heterocycles. The van der Waals surface area contributed by atoms with E-state index in [1.807, 2.05) is 23.1 Å². The zero-order valence-corrected chi connectivity index (χ0v) is 17.3. The van der Waals surface area contributed by atoms with Gasteiger partial charge in [0.25, 0.3) is 5.56 Å². The summed E-state index contributed by atoms with van der Waals surface area (Å²) in [6, 6.07) is 7.48. The summed E-state index contributed by atoms with van der Waals surface area (Å²) >= 11 is 0. The number of aromatic nitrogens is 2. The molecule has 4 rings (SSSR count). The summed E-state index contributed by atoms with van der Waals surface area (Å²) in [7, 11) is 0. The van der Waals surface area contributed by atoms with Crippen molar-refractivity contribution in [3.63, 3.8) is 0 Å². The number of fused-ring (bicyclic) bond motifs is 1. The van der Waals surface area contributed by atoms with Crippen LogP contribution in [0.2, 0.25) is 0 Å². The van der Waals surface area contributed by atoms with E-state index >= 15 is 0 Å².